The van der Waals surface area contributed by atoms with Crippen LogP contribution in [0.4, 0.5) is 0 Å². The van der Waals surface area contributed by atoms with Crippen molar-refractivity contribution in [1.29, 1.82) is 0 Å². The Morgan fingerprint density at radius 1 is 1.25 bits per heavy atom. The largest absolute Gasteiger partial charge is 0.396 e. The van der Waals surface area contributed by atoms with E-state index in [1.54, 1.807) is 0 Å². The SMILES string of the molecule is CCOC(CCO)N(CC)CC. The van der Waals surface area contributed by atoms with E-state index in [1.807, 2.05) is 6.92 Å². The number of nitrogens with zero attached hydrogens (tertiary/aromatic N) is 1. The Kier molecular flexibility index (Phi) is 7.45. The Morgan fingerprint density at radius 3 is 2.17 bits per heavy atom. The molecule has 1 N–H and O–H groups in total. The van der Waals surface area contributed by atoms with E-state index in [0.29, 0.717) is 13.0 Å². The van der Waals surface area contributed by atoms with Crippen LogP contribution >= 0.6 is 0 Å². The minimum Gasteiger partial charge on any atom is -0.396 e. The molecule has 0 saturated heterocycles. The highest BCUT2D eigenvalue weighted by atomic mass is 16.5. The van der Waals surface area contributed by atoms with Crippen LogP contribution in [0.1, 0.15) is 27.2 Å². The molecule has 0 aliphatic rings. The molecule has 0 aliphatic heterocycles. The molecule has 0 bridgehead atoms. The van der Waals surface area contributed by atoms with Crippen LogP contribution in [0.3, 0.4) is 0 Å². The standard InChI is InChI=1S/C9H21NO2/c1-4-10(5-2)9(7-8-11)12-6-3/h9,11H,4-8H2,1-3H3. The quantitative estimate of drug-likeness (QED) is 0.588. The zero-order valence-electron chi connectivity index (χ0n) is 8.42. The van der Waals surface area contributed by atoms with Crippen molar-refractivity contribution >= 4 is 0 Å². The molecule has 0 spiro atoms. The fourth-order valence-corrected chi connectivity index (χ4v) is 1.31. The molecule has 12 heavy (non-hydrogen) atoms. The summed E-state index contributed by atoms with van der Waals surface area (Å²) in [5.74, 6) is 0. The Labute approximate surface area is 75.3 Å². The summed E-state index contributed by atoms with van der Waals surface area (Å²) >= 11 is 0. The van der Waals surface area contributed by atoms with Crippen molar-refractivity contribution in [2.24, 2.45) is 0 Å². The van der Waals surface area contributed by atoms with Crippen molar-refractivity contribution in [1.82, 2.24) is 4.90 Å². The number of hydrogen-bond donors (Lipinski definition) is 1. The van der Waals surface area contributed by atoms with Gasteiger partial charge in [-0.25, -0.2) is 0 Å². The smallest absolute Gasteiger partial charge is 0.112 e. The van der Waals surface area contributed by atoms with E-state index in [-0.39, 0.29) is 12.8 Å². The van der Waals surface area contributed by atoms with Gasteiger partial charge in [0.2, 0.25) is 0 Å². The third kappa shape index (κ3) is 4.04. The van der Waals surface area contributed by atoms with Gasteiger partial charge >= 0.3 is 0 Å². The van der Waals surface area contributed by atoms with Crippen LogP contribution in [-0.2, 0) is 4.74 Å². The summed E-state index contributed by atoms with van der Waals surface area (Å²) < 4.78 is 5.49. The minimum atomic E-state index is 0.0926. The highest BCUT2D eigenvalue weighted by Crippen LogP contribution is 2.04. The number of hydrogen-bond acceptors (Lipinski definition) is 3. The molecular weight excluding hydrogens is 154 g/mol. The van der Waals surface area contributed by atoms with E-state index in [4.69, 9.17) is 9.84 Å². The van der Waals surface area contributed by atoms with Gasteiger partial charge in [-0.3, -0.25) is 4.90 Å². The molecule has 0 aromatic rings. The van der Waals surface area contributed by atoms with Gasteiger partial charge in [-0.1, -0.05) is 13.8 Å². The van der Waals surface area contributed by atoms with E-state index in [0.717, 1.165) is 13.1 Å². The Balaban J connectivity index is 3.86. The molecule has 0 fully saturated rings. The van der Waals surface area contributed by atoms with Gasteiger partial charge < -0.3 is 9.84 Å². The van der Waals surface area contributed by atoms with Crippen LogP contribution in [0, 0.1) is 0 Å². The minimum absolute atomic E-state index is 0.0926. The number of ether oxygens (including phenoxy) is 1. The van der Waals surface area contributed by atoms with E-state index >= 15 is 0 Å². The predicted molar refractivity (Wildman–Crippen MR) is 50.0 cm³/mol. The monoisotopic (exact) mass is 175 g/mol. The Bertz CT molecular complexity index is 88.5. The first-order valence-corrected chi connectivity index (χ1v) is 4.76. The lowest BCUT2D eigenvalue weighted by atomic mass is 10.3. The van der Waals surface area contributed by atoms with Gasteiger partial charge in [0.25, 0.3) is 0 Å². The van der Waals surface area contributed by atoms with Gasteiger partial charge in [0.15, 0.2) is 0 Å². The van der Waals surface area contributed by atoms with Crippen molar-refractivity contribution in [3.8, 4) is 0 Å². The van der Waals surface area contributed by atoms with Gasteiger partial charge in [0.1, 0.15) is 6.23 Å². The van der Waals surface area contributed by atoms with Gasteiger partial charge in [-0.2, -0.15) is 0 Å². The lowest BCUT2D eigenvalue weighted by Gasteiger charge is -2.28. The molecule has 3 nitrogen and oxygen atoms in total. The number of aliphatic hydroxyl groups is 1. The van der Waals surface area contributed by atoms with Crippen molar-refractivity contribution < 1.29 is 9.84 Å². The molecule has 0 saturated carbocycles. The summed E-state index contributed by atoms with van der Waals surface area (Å²) in [5, 5.41) is 8.80. The second-order valence-corrected chi connectivity index (χ2v) is 2.64. The van der Waals surface area contributed by atoms with E-state index in [1.165, 1.54) is 0 Å². The summed E-state index contributed by atoms with van der Waals surface area (Å²) in [6, 6.07) is 0. The highest BCUT2D eigenvalue weighted by molar-refractivity contribution is 4.59. The molecule has 0 heterocycles. The van der Waals surface area contributed by atoms with Crippen molar-refractivity contribution in [2.75, 3.05) is 26.3 Å². The summed E-state index contributed by atoms with van der Waals surface area (Å²) in [7, 11) is 0. The number of rotatable bonds is 7. The molecule has 0 rings (SSSR count). The summed E-state index contributed by atoms with van der Waals surface area (Å²) in [6.07, 6.45) is 0.796. The van der Waals surface area contributed by atoms with Gasteiger partial charge in [0, 0.05) is 19.6 Å². The summed E-state index contributed by atoms with van der Waals surface area (Å²) in [5.41, 5.74) is 0. The first kappa shape index (κ1) is 11.9. The molecule has 0 radical (unpaired) electrons. The van der Waals surface area contributed by atoms with Crippen LogP contribution < -0.4 is 0 Å². The maximum absolute atomic E-state index is 8.80. The molecule has 0 aromatic heterocycles. The van der Waals surface area contributed by atoms with E-state index in [2.05, 4.69) is 18.7 Å². The zero-order valence-corrected chi connectivity index (χ0v) is 8.42. The molecule has 0 amide bonds. The molecule has 0 aromatic carbocycles. The van der Waals surface area contributed by atoms with Crippen LogP contribution in [0.15, 0.2) is 0 Å². The average molecular weight is 175 g/mol. The third-order valence-corrected chi connectivity index (χ3v) is 1.95. The molecule has 0 aliphatic carbocycles. The first-order valence-electron chi connectivity index (χ1n) is 4.76. The van der Waals surface area contributed by atoms with Crippen LogP contribution in [-0.4, -0.2) is 42.5 Å². The van der Waals surface area contributed by atoms with E-state index in [9.17, 15) is 0 Å². The lowest BCUT2D eigenvalue weighted by Crippen LogP contribution is -2.37. The van der Waals surface area contributed by atoms with Crippen LogP contribution in [0.2, 0.25) is 0 Å². The fraction of sp³-hybridized carbons (Fsp3) is 1.00. The molecule has 1 atom stereocenters. The highest BCUT2D eigenvalue weighted by Gasteiger charge is 2.13. The third-order valence-electron chi connectivity index (χ3n) is 1.95. The summed E-state index contributed by atoms with van der Waals surface area (Å²) in [4.78, 5) is 2.21. The Hall–Kier alpha value is -0.120. The fourth-order valence-electron chi connectivity index (χ4n) is 1.31. The second kappa shape index (κ2) is 7.53. The number of aliphatic hydroxyl groups excluding tert-OH is 1. The maximum atomic E-state index is 8.80. The van der Waals surface area contributed by atoms with Crippen molar-refractivity contribution in [2.45, 2.75) is 33.4 Å². The molecule has 74 valence electrons. The van der Waals surface area contributed by atoms with Gasteiger partial charge in [-0.15, -0.1) is 0 Å². The predicted octanol–water partition coefficient (Wildman–Crippen LogP) is 1.07. The average Bonchev–Trinajstić information content (AvgIpc) is 2.07. The molecular formula is C9H21NO2. The Morgan fingerprint density at radius 2 is 1.83 bits per heavy atom. The maximum Gasteiger partial charge on any atom is 0.112 e. The zero-order chi connectivity index (χ0) is 9.40. The molecule has 1 unspecified atom stereocenters. The normalized spacial score (nSPS) is 13.8. The van der Waals surface area contributed by atoms with Gasteiger partial charge in [0.05, 0.1) is 0 Å². The first-order chi connectivity index (χ1) is 5.79. The van der Waals surface area contributed by atoms with Crippen molar-refractivity contribution in [3.05, 3.63) is 0 Å². The lowest BCUT2D eigenvalue weighted by molar-refractivity contribution is -0.0617. The molecule has 3 heteroatoms. The van der Waals surface area contributed by atoms with Gasteiger partial charge in [-0.05, 0) is 20.0 Å². The topological polar surface area (TPSA) is 32.7 Å². The second-order valence-electron chi connectivity index (χ2n) is 2.64. The van der Waals surface area contributed by atoms with Crippen molar-refractivity contribution in [3.63, 3.8) is 0 Å². The summed E-state index contributed by atoms with van der Waals surface area (Å²) in [6.45, 7) is 9.04. The van der Waals surface area contributed by atoms with Crippen LogP contribution in [0.25, 0.3) is 0 Å². The van der Waals surface area contributed by atoms with Crippen LogP contribution in [0.5, 0.6) is 0 Å². The van der Waals surface area contributed by atoms with E-state index < -0.39 is 0 Å².